The molecule has 0 aromatic heterocycles. The van der Waals surface area contributed by atoms with Gasteiger partial charge in [-0.3, -0.25) is 9.59 Å². The average Bonchev–Trinajstić information content (AvgIpc) is 3.30. The van der Waals surface area contributed by atoms with Crippen molar-refractivity contribution in [2.24, 2.45) is 0 Å². The van der Waals surface area contributed by atoms with Gasteiger partial charge in [-0.25, -0.2) is 0 Å². The third kappa shape index (κ3) is 5.30. The summed E-state index contributed by atoms with van der Waals surface area (Å²) in [6.07, 6.45) is 12.2. The van der Waals surface area contributed by atoms with Crippen LogP contribution in [0.2, 0.25) is 0 Å². The van der Waals surface area contributed by atoms with Gasteiger partial charge in [-0.05, 0) is 57.2 Å². The second kappa shape index (κ2) is 10.8. The van der Waals surface area contributed by atoms with E-state index >= 15 is 0 Å². The van der Waals surface area contributed by atoms with Crippen LogP contribution in [0.3, 0.4) is 0 Å². The van der Waals surface area contributed by atoms with Gasteiger partial charge in [0, 0.05) is 12.1 Å². The zero-order chi connectivity index (χ0) is 23.4. The Kier molecular flexibility index (Phi) is 7.82. The van der Waals surface area contributed by atoms with Gasteiger partial charge in [0.2, 0.25) is 5.91 Å². The molecule has 2 amide bonds. The van der Waals surface area contributed by atoms with Gasteiger partial charge < -0.3 is 19.3 Å². The van der Waals surface area contributed by atoms with E-state index in [1.807, 2.05) is 41.8 Å². The van der Waals surface area contributed by atoms with Crippen molar-refractivity contribution in [3.05, 3.63) is 23.8 Å². The van der Waals surface area contributed by atoms with E-state index in [1.165, 1.54) is 19.3 Å². The third-order valence-corrected chi connectivity index (χ3v) is 7.49. The lowest BCUT2D eigenvalue weighted by molar-refractivity contribution is -0.161. The van der Waals surface area contributed by atoms with Crippen LogP contribution in [0, 0.1) is 0 Å². The molecule has 1 heterocycles. The molecule has 182 valence electrons. The van der Waals surface area contributed by atoms with Crippen LogP contribution >= 0.6 is 0 Å². The molecule has 0 spiro atoms. The van der Waals surface area contributed by atoms with Crippen molar-refractivity contribution in [3.63, 3.8) is 0 Å². The number of amides is 2. The highest BCUT2D eigenvalue weighted by atomic mass is 16.5. The zero-order valence-corrected chi connectivity index (χ0v) is 20.6. The summed E-state index contributed by atoms with van der Waals surface area (Å²) in [5.41, 5.74) is 0.825. The molecular formula is C27H40N2O4. The van der Waals surface area contributed by atoms with Crippen molar-refractivity contribution in [2.75, 3.05) is 13.7 Å². The number of rotatable bonds is 6. The molecule has 0 bridgehead atoms. The second-order valence-corrected chi connectivity index (χ2v) is 10.2. The van der Waals surface area contributed by atoms with Crippen LogP contribution in [-0.2, 0) is 9.59 Å². The van der Waals surface area contributed by atoms with Crippen LogP contribution in [0.4, 0.5) is 0 Å². The van der Waals surface area contributed by atoms with E-state index in [1.54, 1.807) is 7.11 Å². The first-order chi connectivity index (χ1) is 16.0. The molecule has 6 nitrogen and oxygen atoms in total. The van der Waals surface area contributed by atoms with Crippen LogP contribution in [0.5, 0.6) is 11.5 Å². The number of methoxy groups -OCH3 is 1. The molecule has 4 rings (SSSR count). The Bertz CT molecular complexity index is 825. The Hall–Kier alpha value is -2.24. The number of hydrogen-bond donors (Lipinski definition) is 0. The Morgan fingerprint density at radius 1 is 0.848 bits per heavy atom. The van der Waals surface area contributed by atoms with Crippen molar-refractivity contribution in [3.8, 4) is 11.5 Å². The van der Waals surface area contributed by atoms with Crippen LogP contribution < -0.4 is 9.47 Å². The predicted octanol–water partition coefficient (Wildman–Crippen LogP) is 5.25. The van der Waals surface area contributed by atoms with Gasteiger partial charge in [0.1, 0.15) is 12.6 Å². The fourth-order valence-electron chi connectivity index (χ4n) is 5.89. The summed E-state index contributed by atoms with van der Waals surface area (Å²) < 4.78 is 11.5. The van der Waals surface area contributed by atoms with Crippen LogP contribution in [0.1, 0.15) is 96.1 Å². The maximum atomic E-state index is 14.0. The Morgan fingerprint density at radius 2 is 1.45 bits per heavy atom. The van der Waals surface area contributed by atoms with Crippen LogP contribution in [0.15, 0.2) is 18.2 Å². The van der Waals surface area contributed by atoms with E-state index in [4.69, 9.17) is 9.47 Å². The number of nitrogens with zero attached hydrogens (tertiary/aromatic N) is 2. The molecule has 0 radical (unpaired) electrons. The predicted molar refractivity (Wildman–Crippen MR) is 128 cm³/mol. The summed E-state index contributed by atoms with van der Waals surface area (Å²) in [5, 5.41) is 0. The molecule has 1 atom stereocenters. The number of piperazine rings is 1. The van der Waals surface area contributed by atoms with Gasteiger partial charge in [-0.2, -0.15) is 0 Å². The number of carbonyl (C=O) groups excluding carboxylic acids is 2. The Labute approximate surface area is 198 Å². The van der Waals surface area contributed by atoms with E-state index in [0.29, 0.717) is 11.5 Å². The zero-order valence-electron chi connectivity index (χ0n) is 20.6. The molecule has 0 N–H and O–H groups in total. The standard InChI is InChI=1S/C27H40N2O4/c1-19(2)33-23-16-15-20(17-24(23)32-3)26-27(31)28(21-11-9-10-12-21)18-25(30)29(26)22-13-7-5-4-6-8-14-22/h15-17,19,21-22,26H,4-14,18H2,1-3H3/t26-/m0/s1. The number of ether oxygens (including phenoxy) is 2. The van der Waals surface area contributed by atoms with Gasteiger partial charge in [-0.1, -0.05) is 51.0 Å². The lowest BCUT2D eigenvalue weighted by Crippen LogP contribution is -2.60. The summed E-state index contributed by atoms with van der Waals surface area (Å²) in [6.45, 7) is 4.18. The Morgan fingerprint density at radius 3 is 2.09 bits per heavy atom. The lowest BCUT2D eigenvalue weighted by Gasteiger charge is -2.46. The number of carbonyl (C=O) groups is 2. The minimum Gasteiger partial charge on any atom is -0.493 e. The van der Waals surface area contributed by atoms with Gasteiger partial charge >= 0.3 is 0 Å². The van der Waals surface area contributed by atoms with Gasteiger partial charge in [0.05, 0.1) is 13.2 Å². The van der Waals surface area contributed by atoms with E-state index in [0.717, 1.165) is 56.9 Å². The summed E-state index contributed by atoms with van der Waals surface area (Å²) in [4.78, 5) is 31.4. The topological polar surface area (TPSA) is 59.1 Å². The molecule has 2 saturated carbocycles. The third-order valence-electron chi connectivity index (χ3n) is 7.49. The summed E-state index contributed by atoms with van der Waals surface area (Å²) >= 11 is 0. The molecule has 1 aromatic carbocycles. The van der Waals surface area contributed by atoms with Crippen molar-refractivity contribution in [1.29, 1.82) is 0 Å². The fraction of sp³-hybridized carbons (Fsp3) is 0.704. The molecule has 33 heavy (non-hydrogen) atoms. The lowest BCUT2D eigenvalue weighted by atomic mass is 9.91. The van der Waals surface area contributed by atoms with Crippen molar-refractivity contribution >= 4 is 11.8 Å². The second-order valence-electron chi connectivity index (χ2n) is 10.2. The van der Waals surface area contributed by atoms with E-state index in [-0.39, 0.29) is 36.5 Å². The number of hydrogen-bond acceptors (Lipinski definition) is 4. The minimum absolute atomic E-state index is 0.0203. The van der Waals surface area contributed by atoms with E-state index < -0.39 is 6.04 Å². The van der Waals surface area contributed by atoms with Crippen LogP contribution in [-0.4, -0.2) is 53.5 Å². The first-order valence-corrected chi connectivity index (χ1v) is 13.0. The molecule has 1 saturated heterocycles. The quantitative estimate of drug-likeness (QED) is 0.587. The molecule has 1 aromatic rings. The summed E-state index contributed by atoms with van der Waals surface area (Å²) in [7, 11) is 1.62. The molecule has 6 heteroatoms. The summed E-state index contributed by atoms with van der Waals surface area (Å²) in [6, 6.07) is 5.46. The van der Waals surface area contributed by atoms with E-state index in [9.17, 15) is 9.59 Å². The molecule has 2 aliphatic carbocycles. The van der Waals surface area contributed by atoms with E-state index in [2.05, 4.69) is 0 Å². The van der Waals surface area contributed by atoms with Crippen molar-refractivity contribution in [2.45, 2.75) is 109 Å². The minimum atomic E-state index is -0.585. The molecule has 0 unspecified atom stereocenters. The summed E-state index contributed by atoms with van der Waals surface area (Å²) in [5.74, 6) is 1.44. The monoisotopic (exact) mass is 456 g/mol. The first kappa shape index (κ1) is 23.9. The highest BCUT2D eigenvalue weighted by molar-refractivity contribution is 5.96. The highest BCUT2D eigenvalue weighted by Gasteiger charge is 2.45. The van der Waals surface area contributed by atoms with Gasteiger partial charge in [0.15, 0.2) is 11.5 Å². The highest BCUT2D eigenvalue weighted by Crippen LogP contribution is 2.39. The normalized spacial score (nSPS) is 23.7. The van der Waals surface area contributed by atoms with Crippen molar-refractivity contribution in [1.82, 2.24) is 9.80 Å². The number of benzene rings is 1. The smallest absolute Gasteiger partial charge is 0.250 e. The largest absolute Gasteiger partial charge is 0.493 e. The first-order valence-electron chi connectivity index (χ1n) is 13.0. The van der Waals surface area contributed by atoms with Gasteiger partial charge in [0.25, 0.3) is 5.91 Å². The van der Waals surface area contributed by atoms with Crippen molar-refractivity contribution < 1.29 is 19.1 Å². The average molecular weight is 457 g/mol. The SMILES string of the molecule is COc1cc([C@H]2C(=O)N(C3CCCC3)CC(=O)N2C2CCCCCCC2)ccc1OC(C)C. The molecule has 1 aliphatic heterocycles. The van der Waals surface area contributed by atoms with Crippen LogP contribution in [0.25, 0.3) is 0 Å². The Balaban J connectivity index is 1.70. The molecule has 3 aliphatic rings. The fourth-order valence-corrected chi connectivity index (χ4v) is 5.89. The van der Waals surface area contributed by atoms with Gasteiger partial charge in [-0.15, -0.1) is 0 Å². The maximum Gasteiger partial charge on any atom is 0.250 e. The molecular weight excluding hydrogens is 416 g/mol. The molecule has 3 fully saturated rings. The maximum absolute atomic E-state index is 14.0.